The van der Waals surface area contributed by atoms with E-state index in [1.54, 1.807) is 46.9 Å². The minimum Gasteiger partial charge on any atom is -0.367 e. The number of nitrogens with one attached hydrogen (secondary N) is 2. The minimum absolute atomic E-state index is 0.0251. The molecule has 3 aromatic rings. The molecule has 0 amide bonds. The van der Waals surface area contributed by atoms with Crippen molar-refractivity contribution in [2.75, 3.05) is 18.4 Å². The largest absolute Gasteiger partial charge is 0.367 e. The Bertz CT molecular complexity index is 978. The molecule has 0 saturated heterocycles. The number of aryl methyl sites for hydroxylation is 1. The van der Waals surface area contributed by atoms with Gasteiger partial charge in [0.15, 0.2) is 10.8 Å². The van der Waals surface area contributed by atoms with Crippen molar-refractivity contribution in [3.05, 3.63) is 42.6 Å². The summed E-state index contributed by atoms with van der Waals surface area (Å²) in [6, 6.07) is 5.33. The lowest BCUT2D eigenvalue weighted by atomic mass is 10.2. The third-order valence-corrected chi connectivity index (χ3v) is 5.13. The van der Waals surface area contributed by atoms with E-state index >= 15 is 0 Å². The summed E-state index contributed by atoms with van der Waals surface area (Å²) in [5.41, 5.74) is 0. The molecule has 0 aliphatic carbocycles. The summed E-state index contributed by atoms with van der Waals surface area (Å²) >= 11 is 0. The van der Waals surface area contributed by atoms with Gasteiger partial charge in [-0.2, -0.15) is 5.10 Å². The van der Waals surface area contributed by atoms with Gasteiger partial charge in [-0.25, -0.2) is 22.8 Å². The number of rotatable bonds is 8. The molecule has 3 heterocycles. The van der Waals surface area contributed by atoms with Crippen LogP contribution in [0.1, 0.15) is 25.6 Å². The molecule has 0 aliphatic rings. The molecule has 10 nitrogen and oxygen atoms in total. The van der Waals surface area contributed by atoms with Gasteiger partial charge in [-0.05, 0) is 18.2 Å². The Labute approximate surface area is 157 Å². The highest BCUT2D eigenvalue weighted by molar-refractivity contribution is 7.89. The quantitative estimate of drug-likeness (QED) is 0.549. The lowest BCUT2D eigenvalue weighted by molar-refractivity contribution is 0.579. The van der Waals surface area contributed by atoms with Gasteiger partial charge in [0.1, 0.15) is 11.6 Å². The molecule has 144 valence electrons. The zero-order chi connectivity index (χ0) is 19.4. The number of nitrogens with zero attached hydrogens (tertiary/aromatic N) is 6. The number of imidazole rings is 1. The standard InChI is InChI=1S/C16H22N8O2S/c1-12(2)16-20-15(11-23(16)3)27(25,26)19-9-8-17-13-5-6-14(22-21-13)24-10-4-7-18-24/h4-7,10-12,19H,8-9H2,1-3H3,(H,17,21). The average Bonchev–Trinajstić information content (AvgIpc) is 3.29. The minimum atomic E-state index is -3.66. The van der Waals surface area contributed by atoms with Crippen LogP contribution in [0.5, 0.6) is 0 Å². The van der Waals surface area contributed by atoms with E-state index in [2.05, 4.69) is 30.3 Å². The van der Waals surface area contributed by atoms with Gasteiger partial charge in [-0.15, -0.1) is 10.2 Å². The van der Waals surface area contributed by atoms with E-state index in [1.807, 2.05) is 13.8 Å². The molecule has 0 atom stereocenters. The number of hydrogen-bond donors (Lipinski definition) is 2. The highest BCUT2D eigenvalue weighted by Crippen LogP contribution is 2.15. The first-order valence-electron chi connectivity index (χ1n) is 8.47. The van der Waals surface area contributed by atoms with Crippen LogP contribution in [0, 0.1) is 0 Å². The number of anilines is 1. The van der Waals surface area contributed by atoms with Crippen LogP contribution in [0.25, 0.3) is 5.82 Å². The van der Waals surface area contributed by atoms with E-state index in [9.17, 15) is 8.42 Å². The van der Waals surface area contributed by atoms with Gasteiger partial charge < -0.3 is 9.88 Å². The number of aromatic nitrogens is 6. The lowest BCUT2D eigenvalue weighted by Crippen LogP contribution is -2.29. The van der Waals surface area contributed by atoms with Crippen LogP contribution in [-0.4, -0.2) is 51.0 Å². The van der Waals surface area contributed by atoms with Gasteiger partial charge in [0, 0.05) is 44.6 Å². The predicted molar refractivity (Wildman–Crippen MR) is 100 cm³/mol. The van der Waals surface area contributed by atoms with Gasteiger partial charge in [0.2, 0.25) is 0 Å². The Morgan fingerprint density at radius 3 is 2.59 bits per heavy atom. The Hall–Kier alpha value is -2.79. The van der Waals surface area contributed by atoms with Crippen molar-refractivity contribution in [1.29, 1.82) is 0 Å². The van der Waals surface area contributed by atoms with Crippen molar-refractivity contribution in [1.82, 2.24) is 34.3 Å². The molecule has 0 spiro atoms. The number of sulfonamides is 1. The maximum Gasteiger partial charge on any atom is 0.259 e. The van der Waals surface area contributed by atoms with Crippen LogP contribution in [0.4, 0.5) is 5.82 Å². The maximum atomic E-state index is 12.4. The molecule has 0 saturated carbocycles. The molecular weight excluding hydrogens is 368 g/mol. The van der Waals surface area contributed by atoms with Gasteiger partial charge in [-0.3, -0.25) is 0 Å². The molecule has 0 unspecified atom stereocenters. The molecule has 2 N–H and O–H groups in total. The number of hydrogen-bond acceptors (Lipinski definition) is 7. The summed E-state index contributed by atoms with van der Waals surface area (Å²) in [5, 5.41) is 15.2. The fourth-order valence-electron chi connectivity index (χ4n) is 2.51. The van der Waals surface area contributed by atoms with Crippen molar-refractivity contribution in [2.45, 2.75) is 24.8 Å². The second kappa shape index (κ2) is 7.84. The van der Waals surface area contributed by atoms with Crippen LogP contribution >= 0.6 is 0 Å². The summed E-state index contributed by atoms with van der Waals surface area (Å²) in [6.45, 7) is 4.49. The summed E-state index contributed by atoms with van der Waals surface area (Å²) in [4.78, 5) is 4.21. The van der Waals surface area contributed by atoms with Crippen molar-refractivity contribution in [2.24, 2.45) is 7.05 Å². The van der Waals surface area contributed by atoms with Gasteiger partial charge in [-0.1, -0.05) is 13.8 Å². The zero-order valence-electron chi connectivity index (χ0n) is 15.4. The Balaban J connectivity index is 1.53. The van der Waals surface area contributed by atoms with E-state index in [0.717, 1.165) is 5.82 Å². The first kappa shape index (κ1) is 19.0. The molecule has 0 radical (unpaired) electrons. The second-order valence-corrected chi connectivity index (χ2v) is 7.97. The molecule has 0 bridgehead atoms. The third kappa shape index (κ3) is 4.49. The SMILES string of the molecule is CC(C)c1nc(S(=O)(=O)NCCNc2ccc(-n3cccn3)nn2)cn1C. The zero-order valence-corrected chi connectivity index (χ0v) is 16.2. The molecular formula is C16H22N8O2S. The molecule has 0 fully saturated rings. The Morgan fingerprint density at radius 1 is 1.19 bits per heavy atom. The summed E-state index contributed by atoms with van der Waals surface area (Å²) in [5.74, 6) is 2.01. The molecule has 27 heavy (non-hydrogen) atoms. The molecule has 0 aliphatic heterocycles. The predicted octanol–water partition coefficient (Wildman–Crippen LogP) is 0.910. The summed E-state index contributed by atoms with van der Waals surface area (Å²) < 4.78 is 30.6. The average molecular weight is 390 g/mol. The van der Waals surface area contributed by atoms with Gasteiger partial charge in [0.25, 0.3) is 10.0 Å². The van der Waals surface area contributed by atoms with Crippen LogP contribution in [0.3, 0.4) is 0 Å². The third-order valence-electron chi connectivity index (χ3n) is 3.79. The van der Waals surface area contributed by atoms with Crippen molar-refractivity contribution < 1.29 is 8.42 Å². The topological polar surface area (TPSA) is 120 Å². The first-order chi connectivity index (χ1) is 12.9. The fourth-order valence-corrected chi connectivity index (χ4v) is 3.54. The van der Waals surface area contributed by atoms with Gasteiger partial charge >= 0.3 is 0 Å². The monoisotopic (exact) mass is 390 g/mol. The lowest BCUT2D eigenvalue weighted by Gasteiger charge is -2.07. The molecule has 11 heteroatoms. The molecule has 3 aromatic heterocycles. The highest BCUT2D eigenvalue weighted by Gasteiger charge is 2.20. The second-order valence-electron chi connectivity index (χ2n) is 6.25. The van der Waals surface area contributed by atoms with Gasteiger partial charge in [0.05, 0.1) is 0 Å². The van der Waals surface area contributed by atoms with E-state index in [0.29, 0.717) is 18.2 Å². The van der Waals surface area contributed by atoms with Crippen molar-refractivity contribution >= 4 is 15.8 Å². The molecule has 3 rings (SSSR count). The van der Waals surface area contributed by atoms with Crippen molar-refractivity contribution in [3.8, 4) is 5.82 Å². The summed E-state index contributed by atoms with van der Waals surface area (Å²) in [6.07, 6.45) is 4.95. The van der Waals surface area contributed by atoms with Crippen LogP contribution in [0.2, 0.25) is 0 Å². The fraction of sp³-hybridized carbons (Fsp3) is 0.375. The van der Waals surface area contributed by atoms with E-state index in [4.69, 9.17) is 0 Å². The first-order valence-corrected chi connectivity index (χ1v) is 9.95. The Kier molecular flexibility index (Phi) is 5.51. The van der Waals surface area contributed by atoms with Crippen LogP contribution in [-0.2, 0) is 17.1 Å². The molecule has 0 aromatic carbocycles. The van der Waals surface area contributed by atoms with E-state index in [-0.39, 0.29) is 17.5 Å². The Morgan fingerprint density at radius 2 is 2.00 bits per heavy atom. The summed E-state index contributed by atoms with van der Waals surface area (Å²) in [7, 11) is -1.87. The van der Waals surface area contributed by atoms with Crippen molar-refractivity contribution in [3.63, 3.8) is 0 Å². The smallest absolute Gasteiger partial charge is 0.259 e. The van der Waals surface area contributed by atoms with E-state index < -0.39 is 10.0 Å². The van der Waals surface area contributed by atoms with Crippen LogP contribution in [0.15, 0.2) is 41.8 Å². The maximum absolute atomic E-state index is 12.4. The van der Waals surface area contributed by atoms with Crippen LogP contribution < -0.4 is 10.0 Å². The highest BCUT2D eigenvalue weighted by atomic mass is 32.2. The normalized spacial score (nSPS) is 11.9. The van der Waals surface area contributed by atoms with E-state index in [1.165, 1.54) is 6.20 Å².